The molecule has 7 heteroatoms. The number of rotatable bonds is 3. The summed E-state index contributed by atoms with van der Waals surface area (Å²) in [5.74, 6) is -2.25. The lowest BCUT2D eigenvalue weighted by molar-refractivity contribution is -0.123. The first-order chi connectivity index (χ1) is 19.8. The first-order valence-corrected chi connectivity index (χ1v) is 14.1. The molecule has 4 unspecified atom stereocenters. The number of benzene rings is 2. The summed E-state index contributed by atoms with van der Waals surface area (Å²) in [4.78, 5) is 56.0. The van der Waals surface area contributed by atoms with Gasteiger partial charge in [0, 0.05) is 34.6 Å². The molecule has 41 heavy (non-hydrogen) atoms. The molecule has 5 aliphatic rings. The molecule has 3 aliphatic carbocycles. The van der Waals surface area contributed by atoms with Crippen LogP contribution in [0.2, 0.25) is 0 Å². The number of Topliss-reactive ketones (excluding diaryl/α,β-unsaturated/α-hetero) is 1. The number of anilines is 1. The Labute approximate surface area is 237 Å². The number of allylic oxidation sites excluding steroid dienone is 7. The fourth-order valence-electron chi connectivity index (χ4n) is 7.31. The second-order valence-electron chi connectivity index (χ2n) is 11.5. The Hall–Kier alpha value is -4.52. The van der Waals surface area contributed by atoms with E-state index in [1.807, 2.05) is 37.3 Å². The number of hydrogen-bond acceptors (Lipinski definition) is 6. The molecule has 2 amide bonds. The van der Waals surface area contributed by atoms with Crippen LogP contribution in [0.15, 0.2) is 88.7 Å². The predicted octanol–water partition coefficient (Wildman–Crippen LogP) is 4.94. The van der Waals surface area contributed by atoms with Gasteiger partial charge >= 0.3 is 0 Å². The van der Waals surface area contributed by atoms with Crippen LogP contribution in [0.3, 0.4) is 0 Å². The number of aryl methyl sites for hydroxylation is 1. The molecule has 0 radical (unpaired) electrons. The number of nitrogens with zero attached hydrogens (tertiary/aromatic N) is 1. The highest BCUT2D eigenvalue weighted by molar-refractivity contribution is 6.24. The SMILES string of the molecule is CCc1ccc(N2C(=O)C3CC=C4C(C5=COc6ccc(O)cc6C5)C5=C(CC4C3C2=O)C(=O)C=C(C)C5=O)cc1. The molecule has 0 bridgehead atoms. The van der Waals surface area contributed by atoms with Crippen molar-refractivity contribution in [1.29, 1.82) is 0 Å². The van der Waals surface area contributed by atoms with Crippen LogP contribution in [0, 0.1) is 23.7 Å². The van der Waals surface area contributed by atoms with Crippen LogP contribution in [0.4, 0.5) is 5.69 Å². The number of fused-ring (bicyclic) bond motifs is 4. The fraction of sp³-hybridized carbons (Fsp3) is 0.294. The Morgan fingerprint density at radius 2 is 1.78 bits per heavy atom. The first-order valence-electron chi connectivity index (χ1n) is 14.1. The first kappa shape index (κ1) is 25.4. The predicted molar refractivity (Wildman–Crippen MR) is 151 cm³/mol. The number of phenolic OH excluding ortho intramolecular Hbond substituents is 1. The number of ketones is 2. The minimum absolute atomic E-state index is 0.111. The summed E-state index contributed by atoms with van der Waals surface area (Å²) in [6.07, 6.45) is 6.92. The molecule has 0 aromatic heterocycles. The van der Waals surface area contributed by atoms with Gasteiger partial charge < -0.3 is 9.84 Å². The van der Waals surface area contributed by atoms with E-state index in [2.05, 4.69) is 0 Å². The van der Waals surface area contributed by atoms with Crippen molar-refractivity contribution < 1.29 is 29.0 Å². The number of carbonyl (C=O) groups excluding carboxylic acids is 4. The van der Waals surface area contributed by atoms with Gasteiger partial charge in [0.2, 0.25) is 11.8 Å². The van der Waals surface area contributed by atoms with Gasteiger partial charge in [-0.05, 0) is 79.6 Å². The molecule has 1 fully saturated rings. The van der Waals surface area contributed by atoms with Gasteiger partial charge in [-0.15, -0.1) is 0 Å². The van der Waals surface area contributed by atoms with Crippen molar-refractivity contribution >= 4 is 29.1 Å². The molecule has 1 N–H and O–H groups in total. The van der Waals surface area contributed by atoms with Crippen LogP contribution in [0.1, 0.15) is 37.8 Å². The van der Waals surface area contributed by atoms with Crippen LogP contribution in [-0.4, -0.2) is 28.5 Å². The van der Waals surface area contributed by atoms with E-state index in [1.165, 1.54) is 11.0 Å². The zero-order chi connectivity index (χ0) is 28.6. The number of phenols is 1. The van der Waals surface area contributed by atoms with Crippen molar-refractivity contribution in [3.8, 4) is 11.5 Å². The summed E-state index contributed by atoms with van der Waals surface area (Å²) >= 11 is 0. The van der Waals surface area contributed by atoms with Crippen molar-refractivity contribution in [2.24, 2.45) is 23.7 Å². The van der Waals surface area contributed by atoms with Gasteiger partial charge in [-0.25, -0.2) is 0 Å². The molecule has 206 valence electrons. The van der Waals surface area contributed by atoms with Crippen molar-refractivity contribution in [3.63, 3.8) is 0 Å². The summed E-state index contributed by atoms with van der Waals surface area (Å²) in [5, 5.41) is 10.1. The minimum Gasteiger partial charge on any atom is -0.508 e. The molecule has 2 aliphatic heterocycles. The van der Waals surface area contributed by atoms with Gasteiger partial charge in [0.1, 0.15) is 11.5 Å². The van der Waals surface area contributed by atoms with E-state index in [1.54, 1.807) is 31.4 Å². The number of hydrogen-bond donors (Lipinski definition) is 1. The van der Waals surface area contributed by atoms with E-state index in [-0.39, 0.29) is 35.6 Å². The van der Waals surface area contributed by atoms with Gasteiger partial charge in [0.05, 0.1) is 23.8 Å². The van der Waals surface area contributed by atoms with Crippen molar-refractivity contribution in [1.82, 2.24) is 0 Å². The molecule has 7 rings (SSSR count). The lowest BCUT2D eigenvalue weighted by atomic mass is 9.58. The van der Waals surface area contributed by atoms with E-state index in [0.29, 0.717) is 41.0 Å². The maximum absolute atomic E-state index is 14.0. The maximum atomic E-state index is 14.0. The zero-order valence-electron chi connectivity index (χ0n) is 22.8. The lowest BCUT2D eigenvalue weighted by Crippen LogP contribution is -2.41. The zero-order valence-corrected chi connectivity index (χ0v) is 22.8. The molecular weight excluding hydrogens is 518 g/mol. The van der Waals surface area contributed by atoms with Crippen LogP contribution >= 0.6 is 0 Å². The summed E-state index contributed by atoms with van der Waals surface area (Å²) in [7, 11) is 0. The third-order valence-electron chi connectivity index (χ3n) is 9.31. The van der Waals surface area contributed by atoms with Gasteiger partial charge in [-0.1, -0.05) is 30.7 Å². The van der Waals surface area contributed by atoms with Crippen LogP contribution in [0.25, 0.3) is 0 Å². The van der Waals surface area contributed by atoms with E-state index in [0.717, 1.165) is 28.7 Å². The topological polar surface area (TPSA) is 101 Å². The molecule has 1 saturated heterocycles. The number of amides is 2. The molecule has 2 aromatic carbocycles. The summed E-state index contributed by atoms with van der Waals surface area (Å²) in [6.45, 7) is 3.70. The summed E-state index contributed by atoms with van der Waals surface area (Å²) < 4.78 is 5.95. The smallest absolute Gasteiger partial charge is 0.238 e. The van der Waals surface area contributed by atoms with Crippen LogP contribution in [-0.2, 0) is 32.0 Å². The Morgan fingerprint density at radius 3 is 2.54 bits per heavy atom. The summed E-state index contributed by atoms with van der Waals surface area (Å²) in [6, 6.07) is 12.4. The van der Waals surface area contributed by atoms with Crippen molar-refractivity contribution in [3.05, 3.63) is 99.9 Å². The Morgan fingerprint density at radius 1 is 1.00 bits per heavy atom. The van der Waals surface area contributed by atoms with E-state index >= 15 is 0 Å². The van der Waals surface area contributed by atoms with Gasteiger partial charge in [-0.3, -0.25) is 24.1 Å². The Bertz CT molecular complexity index is 1690. The number of imide groups is 1. The highest BCUT2D eigenvalue weighted by Gasteiger charge is 2.57. The molecule has 2 aromatic rings. The Kier molecular flexibility index (Phi) is 5.75. The number of aromatic hydroxyl groups is 1. The molecule has 7 nitrogen and oxygen atoms in total. The number of carbonyl (C=O) groups is 4. The maximum Gasteiger partial charge on any atom is 0.238 e. The van der Waals surface area contributed by atoms with E-state index in [4.69, 9.17) is 4.74 Å². The highest BCUT2D eigenvalue weighted by atomic mass is 16.5. The molecular formula is C34H29NO6. The molecule has 0 spiro atoms. The van der Waals surface area contributed by atoms with Crippen LogP contribution in [0.5, 0.6) is 11.5 Å². The minimum atomic E-state index is -0.624. The highest BCUT2D eigenvalue weighted by Crippen LogP contribution is 2.55. The second kappa shape index (κ2) is 9.26. The standard InChI is InChI=1S/C34H29NO6/c1-3-18-4-6-21(7-5-18)35-33(39)24-10-9-23-25(30(24)34(35)40)15-26-27(37)12-17(2)32(38)31(26)29(23)20-13-19-14-22(36)8-11-28(19)41-16-20/h4-9,11-12,14,16,24-25,29-30,36H,3,10,13,15H2,1-2H3. The molecule has 2 heterocycles. The van der Waals surface area contributed by atoms with E-state index < -0.39 is 23.7 Å². The third kappa shape index (κ3) is 3.79. The van der Waals surface area contributed by atoms with Crippen molar-refractivity contribution in [2.75, 3.05) is 4.90 Å². The summed E-state index contributed by atoms with van der Waals surface area (Å²) in [5.41, 5.74) is 5.37. The monoisotopic (exact) mass is 547 g/mol. The normalized spacial score (nSPS) is 26.9. The third-order valence-corrected chi connectivity index (χ3v) is 9.31. The molecule has 0 saturated carbocycles. The van der Waals surface area contributed by atoms with Gasteiger partial charge in [-0.2, -0.15) is 0 Å². The van der Waals surface area contributed by atoms with E-state index in [9.17, 15) is 24.3 Å². The average molecular weight is 548 g/mol. The second-order valence-corrected chi connectivity index (χ2v) is 11.5. The lowest BCUT2D eigenvalue weighted by Gasteiger charge is -2.43. The fourth-order valence-corrected chi connectivity index (χ4v) is 7.31. The van der Waals surface area contributed by atoms with Gasteiger partial charge in [0.25, 0.3) is 0 Å². The quantitative estimate of drug-likeness (QED) is 0.332. The van der Waals surface area contributed by atoms with Crippen molar-refractivity contribution in [2.45, 2.75) is 39.5 Å². The Balaban J connectivity index is 1.32. The van der Waals surface area contributed by atoms with Gasteiger partial charge in [0.15, 0.2) is 11.6 Å². The molecule has 4 atom stereocenters. The number of ether oxygens (including phenoxy) is 1. The average Bonchev–Trinajstić information content (AvgIpc) is 3.24. The largest absolute Gasteiger partial charge is 0.508 e. The van der Waals surface area contributed by atoms with Crippen LogP contribution < -0.4 is 9.64 Å².